The van der Waals surface area contributed by atoms with Crippen LogP contribution < -0.4 is 0 Å². The zero-order valence-electron chi connectivity index (χ0n) is 10.7. The lowest BCUT2D eigenvalue weighted by Gasteiger charge is -2.03. The van der Waals surface area contributed by atoms with Crippen molar-refractivity contribution >= 4 is 17.2 Å². The highest BCUT2D eigenvalue weighted by Gasteiger charge is 2.18. The summed E-state index contributed by atoms with van der Waals surface area (Å²) in [6, 6.07) is 9.88. The van der Waals surface area contributed by atoms with E-state index in [0.717, 1.165) is 17.2 Å². The second kappa shape index (κ2) is 4.56. The topological polar surface area (TPSA) is 32.9 Å². The lowest BCUT2D eigenvalue weighted by atomic mass is 10.0. The van der Waals surface area contributed by atoms with E-state index in [4.69, 9.17) is 0 Å². The smallest absolute Gasteiger partial charge is 0.182 e. The Kier molecular flexibility index (Phi) is 2.86. The van der Waals surface area contributed by atoms with Gasteiger partial charge in [-0.15, -0.1) is 0 Å². The third-order valence-corrected chi connectivity index (χ3v) is 3.44. The van der Waals surface area contributed by atoms with Gasteiger partial charge in [0, 0.05) is 16.5 Å². The molecule has 0 aliphatic carbocycles. The number of carbonyl (C=O) groups excluding carboxylic acids is 1. The van der Waals surface area contributed by atoms with Crippen LogP contribution in [0.1, 0.15) is 15.9 Å². The molecule has 2 nitrogen and oxygen atoms in total. The summed E-state index contributed by atoms with van der Waals surface area (Å²) in [7, 11) is 0. The van der Waals surface area contributed by atoms with Gasteiger partial charge >= 0.3 is 0 Å². The van der Waals surface area contributed by atoms with E-state index in [0.29, 0.717) is 22.9 Å². The van der Waals surface area contributed by atoms with Crippen LogP contribution in [0.5, 0.6) is 0 Å². The van der Waals surface area contributed by atoms with Crippen LogP contribution in [-0.2, 0) is 0 Å². The number of carbonyl (C=O) groups is 1. The molecule has 0 aliphatic rings. The molecule has 0 saturated carbocycles. The number of halogens is 2. The molecule has 0 atom stereocenters. The van der Waals surface area contributed by atoms with E-state index in [-0.39, 0.29) is 5.52 Å². The normalized spacial score (nSPS) is 10.9. The summed E-state index contributed by atoms with van der Waals surface area (Å²) < 4.78 is 27.1. The highest BCUT2D eigenvalue weighted by Crippen LogP contribution is 2.32. The van der Waals surface area contributed by atoms with Gasteiger partial charge in [-0.2, -0.15) is 0 Å². The molecule has 1 aromatic heterocycles. The fourth-order valence-electron chi connectivity index (χ4n) is 2.41. The summed E-state index contributed by atoms with van der Waals surface area (Å²) in [6.45, 7) is 1.90. The van der Waals surface area contributed by atoms with Gasteiger partial charge in [0.05, 0.1) is 11.2 Å². The van der Waals surface area contributed by atoms with Crippen molar-refractivity contribution in [3.8, 4) is 11.3 Å². The van der Waals surface area contributed by atoms with Gasteiger partial charge in [0.25, 0.3) is 0 Å². The molecular weight excluding hydrogens is 260 g/mol. The molecule has 0 amide bonds. The minimum atomic E-state index is -0.967. The van der Waals surface area contributed by atoms with Gasteiger partial charge in [-0.05, 0) is 24.6 Å². The molecule has 3 aromatic rings. The van der Waals surface area contributed by atoms with Gasteiger partial charge in [0.1, 0.15) is 0 Å². The molecular formula is C16H11F2NO. The van der Waals surface area contributed by atoms with Crippen LogP contribution >= 0.6 is 0 Å². The van der Waals surface area contributed by atoms with Crippen molar-refractivity contribution < 1.29 is 13.6 Å². The number of nitrogens with one attached hydrogen (secondary N) is 1. The Balaban J connectivity index is 2.40. The first-order chi connectivity index (χ1) is 9.63. The molecule has 100 valence electrons. The van der Waals surface area contributed by atoms with Crippen molar-refractivity contribution in [3.05, 3.63) is 59.2 Å². The van der Waals surface area contributed by atoms with Crippen LogP contribution in [0.15, 0.2) is 36.4 Å². The van der Waals surface area contributed by atoms with Crippen molar-refractivity contribution in [1.29, 1.82) is 0 Å². The van der Waals surface area contributed by atoms with Gasteiger partial charge in [0.2, 0.25) is 0 Å². The Labute approximate surface area is 114 Å². The molecule has 1 N–H and O–H groups in total. The maximum Gasteiger partial charge on any atom is 0.182 e. The van der Waals surface area contributed by atoms with Crippen molar-refractivity contribution in [2.75, 3.05) is 0 Å². The Bertz CT molecular complexity index is 821. The average molecular weight is 271 g/mol. The molecule has 0 radical (unpaired) electrons. The largest absolute Gasteiger partial charge is 0.351 e. The summed E-state index contributed by atoms with van der Waals surface area (Å²) in [6.07, 6.45) is 0.665. The summed E-state index contributed by atoms with van der Waals surface area (Å²) >= 11 is 0. The van der Waals surface area contributed by atoms with Gasteiger partial charge in [-0.3, -0.25) is 4.79 Å². The maximum atomic E-state index is 13.8. The third-order valence-electron chi connectivity index (χ3n) is 3.44. The number of aromatic amines is 1. The minimum Gasteiger partial charge on any atom is -0.351 e. The Hall–Kier alpha value is -2.49. The molecule has 1 heterocycles. The van der Waals surface area contributed by atoms with E-state index in [1.165, 1.54) is 6.07 Å². The maximum absolute atomic E-state index is 13.8. The molecule has 0 spiro atoms. The summed E-state index contributed by atoms with van der Waals surface area (Å²) in [4.78, 5) is 14.2. The summed E-state index contributed by atoms with van der Waals surface area (Å²) in [5, 5.41) is 0.386. The first-order valence-electron chi connectivity index (χ1n) is 6.14. The number of hydrogen-bond acceptors (Lipinski definition) is 1. The van der Waals surface area contributed by atoms with Crippen molar-refractivity contribution in [1.82, 2.24) is 4.98 Å². The highest BCUT2D eigenvalue weighted by atomic mass is 19.2. The van der Waals surface area contributed by atoms with Crippen LogP contribution in [-0.4, -0.2) is 11.3 Å². The Morgan fingerprint density at radius 3 is 2.55 bits per heavy atom. The second-order valence-corrected chi connectivity index (χ2v) is 4.63. The van der Waals surface area contributed by atoms with Crippen LogP contribution in [0.25, 0.3) is 22.2 Å². The van der Waals surface area contributed by atoms with Crippen molar-refractivity contribution in [3.63, 3.8) is 0 Å². The van der Waals surface area contributed by atoms with E-state index >= 15 is 0 Å². The number of rotatable bonds is 2. The summed E-state index contributed by atoms with van der Waals surface area (Å²) in [5.74, 6) is -1.90. The molecule has 0 fully saturated rings. The molecule has 4 heteroatoms. The number of fused-ring (bicyclic) bond motifs is 1. The lowest BCUT2D eigenvalue weighted by Crippen LogP contribution is -1.87. The Morgan fingerprint density at radius 1 is 1.10 bits per heavy atom. The SMILES string of the molecule is Cc1ccccc1-c1[nH]c2c(F)c(F)ccc2c1C=O. The van der Waals surface area contributed by atoms with Gasteiger partial charge in [-0.1, -0.05) is 24.3 Å². The van der Waals surface area contributed by atoms with E-state index in [2.05, 4.69) is 4.98 Å². The van der Waals surface area contributed by atoms with Crippen LogP contribution in [0, 0.1) is 18.6 Å². The molecule has 0 bridgehead atoms. The first kappa shape index (κ1) is 12.5. The second-order valence-electron chi connectivity index (χ2n) is 4.63. The predicted molar refractivity (Wildman–Crippen MR) is 73.8 cm³/mol. The van der Waals surface area contributed by atoms with Gasteiger partial charge < -0.3 is 4.98 Å². The Morgan fingerprint density at radius 2 is 1.85 bits per heavy atom. The van der Waals surface area contributed by atoms with Crippen molar-refractivity contribution in [2.24, 2.45) is 0 Å². The molecule has 3 rings (SSSR count). The fraction of sp³-hybridized carbons (Fsp3) is 0.0625. The number of aromatic nitrogens is 1. The number of aryl methyl sites for hydroxylation is 1. The van der Waals surface area contributed by atoms with Crippen molar-refractivity contribution in [2.45, 2.75) is 6.92 Å². The van der Waals surface area contributed by atoms with E-state index in [1.54, 1.807) is 0 Å². The number of H-pyrrole nitrogens is 1. The zero-order valence-corrected chi connectivity index (χ0v) is 10.7. The third kappa shape index (κ3) is 1.72. The molecule has 0 unspecified atom stereocenters. The van der Waals surface area contributed by atoms with Gasteiger partial charge in [0.15, 0.2) is 17.9 Å². The van der Waals surface area contributed by atoms with E-state index in [1.807, 2.05) is 31.2 Å². The van der Waals surface area contributed by atoms with E-state index < -0.39 is 11.6 Å². The lowest BCUT2D eigenvalue weighted by molar-refractivity contribution is 0.112. The fourth-order valence-corrected chi connectivity index (χ4v) is 2.41. The first-order valence-corrected chi connectivity index (χ1v) is 6.14. The van der Waals surface area contributed by atoms with E-state index in [9.17, 15) is 13.6 Å². The molecule has 0 saturated heterocycles. The number of benzene rings is 2. The predicted octanol–water partition coefficient (Wildman–Crippen LogP) is 4.23. The molecule has 20 heavy (non-hydrogen) atoms. The number of aldehydes is 1. The molecule has 2 aromatic carbocycles. The van der Waals surface area contributed by atoms with Crippen LogP contribution in [0.4, 0.5) is 8.78 Å². The van der Waals surface area contributed by atoms with Crippen LogP contribution in [0.3, 0.4) is 0 Å². The quantitative estimate of drug-likeness (QED) is 0.695. The summed E-state index contributed by atoms with van der Waals surface area (Å²) in [5.41, 5.74) is 2.62. The number of hydrogen-bond donors (Lipinski definition) is 1. The van der Waals surface area contributed by atoms with Gasteiger partial charge in [-0.25, -0.2) is 8.78 Å². The molecule has 0 aliphatic heterocycles. The van der Waals surface area contributed by atoms with Crippen LogP contribution in [0.2, 0.25) is 0 Å². The highest BCUT2D eigenvalue weighted by molar-refractivity contribution is 6.04. The standard InChI is InChI=1S/C16H11F2NO/c1-9-4-2-3-5-10(9)15-12(8-20)11-6-7-13(17)14(18)16(11)19-15/h2-8,19H,1H3. The monoisotopic (exact) mass is 271 g/mol. The zero-order chi connectivity index (χ0) is 14.3. The average Bonchev–Trinajstić information content (AvgIpc) is 2.82. The minimum absolute atomic E-state index is 0.0188.